The first-order valence-electron chi connectivity index (χ1n) is 11.2. The maximum absolute atomic E-state index is 12.5. The number of aryl methyl sites for hydroxylation is 1. The highest BCUT2D eigenvalue weighted by atomic mass is 16.5. The molecule has 168 valence electrons. The molecule has 1 aromatic heterocycles. The number of guanidine groups is 1. The predicted octanol–water partition coefficient (Wildman–Crippen LogP) is 1.68. The molecule has 2 saturated heterocycles. The number of para-hydroxylation sites is 1. The number of nitrogens with one attached hydrogen (secondary N) is 1. The van der Waals surface area contributed by atoms with Gasteiger partial charge in [-0.2, -0.15) is 0 Å². The molecule has 8 nitrogen and oxygen atoms in total. The van der Waals surface area contributed by atoms with Gasteiger partial charge in [0, 0.05) is 56.8 Å². The van der Waals surface area contributed by atoms with Crippen molar-refractivity contribution in [1.82, 2.24) is 20.0 Å². The molecule has 2 fully saturated rings. The summed E-state index contributed by atoms with van der Waals surface area (Å²) in [4.78, 5) is 23.8. The Labute approximate surface area is 183 Å². The molecule has 0 radical (unpaired) electrons. The summed E-state index contributed by atoms with van der Waals surface area (Å²) in [5.74, 6) is 2.02. The number of benzene rings is 1. The number of fused-ring (bicyclic) bond motifs is 1. The largest absolute Gasteiger partial charge is 0.459 e. The molecule has 0 saturated carbocycles. The van der Waals surface area contributed by atoms with Crippen molar-refractivity contribution >= 4 is 22.8 Å². The van der Waals surface area contributed by atoms with Gasteiger partial charge in [-0.3, -0.25) is 9.69 Å². The van der Waals surface area contributed by atoms with Gasteiger partial charge >= 0.3 is 0 Å². The van der Waals surface area contributed by atoms with Crippen LogP contribution in [0.3, 0.4) is 0 Å². The molecule has 0 spiro atoms. The van der Waals surface area contributed by atoms with Crippen molar-refractivity contribution in [2.75, 3.05) is 65.6 Å². The van der Waals surface area contributed by atoms with Crippen LogP contribution in [0.4, 0.5) is 0 Å². The molecule has 2 aromatic rings. The maximum atomic E-state index is 12.5. The number of furan rings is 1. The highest BCUT2D eigenvalue weighted by molar-refractivity contribution is 5.83. The molecule has 1 N–H and O–H groups in total. The van der Waals surface area contributed by atoms with Crippen molar-refractivity contribution in [3.8, 4) is 0 Å². The van der Waals surface area contributed by atoms with Crippen LogP contribution in [0.5, 0.6) is 0 Å². The van der Waals surface area contributed by atoms with Crippen LogP contribution < -0.4 is 5.32 Å². The number of rotatable bonds is 5. The summed E-state index contributed by atoms with van der Waals surface area (Å²) in [5, 5.41) is 4.56. The molecule has 0 atom stereocenters. The number of piperazine rings is 1. The molecular weight excluding hydrogens is 394 g/mol. The normalized spacial score (nSPS) is 18.6. The molecule has 0 unspecified atom stereocenters. The topological polar surface area (TPSA) is 73.6 Å². The SMILES string of the molecule is CCNC(=NCc1oc2ccccc2c1C)N1CCN(CC(=O)N2CCOCC2)CC1. The number of amides is 1. The minimum absolute atomic E-state index is 0.206. The fourth-order valence-electron chi connectivity index (χ4n) is 4.17. The van der Waals surface area contributed by atoms with Crippen molar-refractivity contribution in [3.63, 3.8) is 0 Å². The van der Waals surface area contributed by atoms with Crippen molar-refractivity contribution in [2.45, 2.75) is 20.4 Å². The third kappa shape index (κ3) is 5.19. The number of carbonyl (C=O) groups is 1. The number of hydrogen-bond acceptors (Lipinski definition) is 5. The van der Waals surface area contributed by atoms with Crippen LogP contribution in [0.25, 0.3) is 11.0 Å². The Kier molecular flexibility index (Phi) is 7.09. The van der Waals surface area contributed by atoms with E-state index in [1.54, 1.807) is 0 Å². The van der Waals surface area contributed by atoms with E-state index >= 15 is 0 Å². The molecule has 1 amide bonds. The number of morpholine rings is 1. The highest BCUT2D eigenvalue weighted by Gasteiger charge is 2.24. The van der Waals surface area contributed by atoms with Crippen LogP contribution in [0, 0.1) is 6.92 Å². The van der Waals surface area contributed by atoms with Crippen molar-refractivity contribution in [1.29, 1.82) is 0 Å². The van der Waals surface area contributed by atoms with Crippen LogP contribution in [0.15, 0.2) is 33.7 Å². The zero-order valence-corrected chi connectivity index (χ0v) is 18.6. The summed E-state index contributed by atoms with van der Waals surface area (Å²) in [6.45, 7) is 12.1. The quantitative estimate of drug-likeness (QED) is 0.578. The van der Waals surface area contributed by atoms with Gasteiger partial charge in [-0.25, -0.2) is 4.99 Å². The summed E-state index contributed by atoms with van der Waals surface area (Å²) in [5.41, 5.74) is 2.07. The molecular formula is C23H33N5O3. The minimum Gasteiger partial charge on any atom is -0.459 e. The van der Waals surface area contributed by atoms with Crippen LogP contribution >= 0.6 is 0 Å². The van der Waals surface area contributed by atoms with Gasteiger partial charge in [0.25, 0.3) is 0 Å². The second-order valence-corrected chi connectivity index (χ2v) is 8.07. The van der Waals surface area contributed by atoms with Crippen LogP contribution in [-0.2, 0) is 16.1 Å². The van der Waals surface area contributed by atoms with Crippen molar-refractivity contribution in [3.05, 3.63) is 35.6 Å². The Bertz CT molecular complexity index is 911. The van der Waals surface area contributed by atoms with Gasteiger partial charge < -0.3 is 24.3 Å². The average Bonchev–Trinajstić information content (AvgIpc) is 3.13. The van der Waals surface area contributed by atoms with E-state index in [0.29, 0.717) is 39.4 Å². The van der Waals surface area contributed by atoms with E-state index in [1.807, 2.05) is 23.1 Å². The zero-order valence-electron chi connectivity index (χ0n) is 18.6. The monoisotopic (exact) mass is 427 g/mol. The Morgan fingerprint density at radius 1 is 1.06 bits per heavy atom. The van der Waals surface area contributed by atoms with Gasteiger partial charge in [0.15, 0.2) is 5.96 Å². The number of aliphatic imine (C=N–C) groups is 1. The summed E-state index contributed by atoms with van der Waals surface area (Å²) < 4.78 is 11.4. The van der Waals surface area contributed by atoms with E-state index < -0.39 is 0 Å². The molecule has 0 aliphatic carbocycles. The van der Waals surface area contributed by atoms with Crippen LogP contribution in [0.1, 0.15) is 18.2 Å². The average molecular weight is 428 g/mol. The lowest BCUT2D eigenvalue weighted by Crippen LogP contribution is -2.54. The van der Waals surface area contributed by atoms with Gasteiger partial charge in [-0.15, -0.1) is 0 Å². The second-order valence-electron chi connectivity index (χ2n) is 8.07. The molecule has 8 heteroatoms. The van der Waals surface area contributed by atoms with Gasteiger partial charge in [0.2, 0.25) is 5.91 Å². The maximum Gasteiger partial charge on any atom is 0.236 e. The molecule has 31 heavy (non-hydrogen) atoms. The first-order valence-corrected chi connectivity index (χ1v) is 11.2. The Balaban J connectivity index is 1.34. The molecule has 2 aliphatic rings. The third-order valence-electron chi connectivity index (χ3n) is 6.04. The van der Waals surface area contributed by atoms with Crippen LogP contribution in [0.2, 0.25) is 0 Å². The van der Waals surface area contributed by atoms with E-state index in [2.05, 4.69) is 35.0 Å². The van der Waals surface area contributed by atoms with Gasteiger partial charge in [-0.1, -0.05) is 18.2 Å². The van der Waals surface area contributed by atoms with Crippen molar-refractivity contribution < 1.29 is 13.9 Å². The molecule has 2 aliphatic heterocycles. The number of carbonyl (C=O) groups excluding carboxylic acids is 1. The molecule has 3 heterocycles. The van der Waals surface area contributed by atoms with Crippen molar-refractivity contribution in [2.24, 2.45) is 4.99 Å². The lowest BCUT2D eigenvalue weighted by molar-refractivity contribution is -0.136. The summed E-state index contributed by atoms with van der Waals surface area (Å²) in [7, 11) is 0. The fourth-order valence-corrected chi connectivity index (χ4v) is 4.17. The zero-order chi connectivity index (χ0) is 21.6. The Hall–Kier alpha value is -2.58. The highest BCUT2D eigenvalue weighted by Crippen LogP contribution is 2.25. The first-order chi connectivity index (χ1) is 15.2. The number of nitrogens with zero attached hydrogens (tertiary/aromatic N) is 4. The van der Waals surface area contributed by atoms with E-state index in [4.69, 9.17) is 14.1 Å². The van der Waals surface area contributed by atoms with E-state index in [9.17, 15) is 4.79 Å². The second kappa shape index (κ2) is 10.2. The molecule has 0 bridgehead atoms. The smallest absolute Gasteiger partial charge is 0.236 e. The number of hydrogen-bond donors (Lipinski definition) is 1. The predicted molar refractivity (Wildman–Crippen MR) is 121 cm³/mol. The van der Waals surface area contributed by atoms with Gasteiger partial charge in [0.1, 0.15) is 17.9 Å². The summed E-state index contributed by atoms with van der Waals surface area (Å²) in [6.07, 6.45) is 0. The standard InChI is InChI=1S/C23H33N5O3/c1-3-24-23(25-16-21-18(2)19-6-4-5-7-20(19)31-21)28-10-8-26(9-11-28)17-22(29)27-12-14-30-15-13-27/h4-7H,3,8-17H2,1-2H3,(H,24,25). The lowest BCUT2D eigenvalue weighted by Gasteiger charge is -2.37. The van der Waals surface area contributed by atoms with Crippen LogP contribution in [-0.4, -0.2) is 92.1 Å². The lowest BCUT2D eigenvalue weighted by atomic mass is 10.1. The van der Waals surface area contributed by atoms with Gasteiger partial charge in [0.05, 0.1) is 19.8 Å². The number of ether oxygens (including phenoxy) is 1. The molecule has 4 rings (SSSR count). The fraction of sp³-hybridized carbons (Fsp3) is 0.565. The van der Waals surface area contributed by atoms with E-state index in [1.165, 1.54) is 0 Å². The summed E-state index contributed by atoms with van der Waals surface area (Å²) in [6, 6.07) is 8.11. The summed E-state index contributed by atoms with van der Waals surface area (Å²) >= 11 is 0. The minimum atomic E-state index is 0.206. The Morgan fingerprint density at radius 3 is 2.52 bits per heavy atom. The van der Waals surface area contributed by atoms with E-state index in [-0.39, 0.29) is 5.91 Å². The first kappa shape index (κ1) is 21.6. The van der Waals surface area contributed by atoms with E-state index in [0.717, 1.165) is 61.0 Å². The Morgan fingerprint density at radius 2 is 1.81 bits per heavy atom. The van der Waals surface area contributed by atoms with Gasteiger partial charge in [-0.05, 0) is 19.9 Å². The third-order valence-corrected chi connectivity index (χ3v) is 6.04. The molecule has 1 aromatic carbocycles.